The first-order valence-electron chi connectivity index (χ1n) is 13.0. The zero-order chi connectivity index (χ0) is 30.0. The van der Waals surface area contributed by atoms with Crippen LogP contribution in [0.3, 0.4) is 0 Å². The number of likely N-dealkylation sites (tertiary alicyclic amines) is 1. The van der Waals surface area contributed by atoms with Gasteiger partial charge in [-0.2, -0.15) is 23.7 Å². The van der Waals surface area contributed by atoms with Crippen LogP contribution in [0.4, 0.5) is 13.2 Å². The maximum Gasteiger partial charge on any atom is 0.490 e. The lowest BCUT2D eigenvalue weighted by Crippen LogP contribution is -2.43. The van der Waals surface area contributed by atoms with E-state index < -0.39 is 12.1 Å². The summed E-state index contributed by atoms with van der Waals surface area (Å²) in [5, 5.41) is 25.4. The summed E-state index contributed by atoms with van der Waals surface area (Å²) >= 11 is 0. The SMILES string of the molecule is COCC1(Cc2cccc(C#N)c2)CCN(Cc2cnc(C)n2Cc2ccc(C#N)cc2)CC1.O=C(O)C(F)(F)F. The van der Waals surface area contributed by atoms with Gasteiger partial charge in [0.15, 0.2) is 0 Å². The number of carboxylic acid groups (broad SMARTS) is 1. The minimum atomic E-state index is -5.08. The monoisotopic (exact) mass is 567 g/mol. The van der Waals surface area contributed by atoms with E-state index in [-0.39, 0.29) is 5.41 Å². The van der Waals surface area contributed by atoms with Crippen molar-refractivity contribution in [2.45, 2.75) is 45.5 Å². The lowest BCUT2D eigenvalue weighted by atomic mass is 9.74. The van der Waals surface area contributed by atoms with Crippen molar-refractivity contribution in [3.63, 3.8) is 0 Å². The summed E-state index contributed by atoms with van der Waals surface area (Å²) in [6.45, 7) is 6.40. The quantitative estimate of drug-likeness (QED) is 0.403. The largest absolute Gasteiger partial charge is 0.490 e. The van der Waals surface area contributed by atoms with Gasteiger partial charge < -0.3 is 14.4 Å². The maximum atomic E-state index is 10.6. The molecule has 0 spiro atoms. The molecule has 11 heteroatoms. The Hall–Kier alpha value is -4.19. The molecule has 216 valence electrons. The number of nitriles is 2. The van der Waals surface area contributed by atoms with Crippen molar-refractivity contribution in [1.82, 2.24) is 14.5 Å². The standard InChI is InChI=1S/C28H31N5O.C2HF3O2/c1-22-31-18-27(33(22)19-24-8-6-23(16-29)7-9-24)20-32-12-10-28(11-13-32,21-34-2)15-25-4-3-5-26(14-25)17-30;3-2(4,5)1(6)7/h3-9,14,18H,10-13,15,19-21H2,1-2H3;(H,6,7). The third-order valence-electron chi connectivity index (χ3n) is 7.19. The fourth-order valence-corrected chi connectivity index (χ4v) is 5.00. The number of carbonyl (C=O) groups is 1. The number of carboxylic acids is 1. The molecule has 8 nitrogen and oxygen atoms in total. The molecular weight excluding hydrogens is 535 g/mol. The van der Waals surface area contributed by atoms with Crippen LogP contribution in [0, 0.1) is 35.0 Å². The van der Waals surface area contributed by atoms with Crippen molar-refractivity contribution in [2.24, 2.45) is 5.41 Å². The molecule has 0 amide bonds. The van der Waals surface area contributed by atoms with E-state index >= 15 is 0 Å². The zero-order valence-corrected chi connectivity index (χ0v) is 23.0. The van der Waals surface area contributed by atoms with Crippen molar-refractivity contribution in [3.05, 3.63) is 88.5 Å². The van der Waals surface area contributed by atoms with Crippen LogP contribution in [0.5, 0.6) is 0 Å². The highest BCUT2D eigenvalue weighted by molar-refractivity contribution is 5.73. The van der Waals surface area contributed by atoms with Gasteiger partial charge in [0.05, 0.1) is 35.6 Å². The Morgan fingerprint density at radius 1 is 1.05 bits per heavy atom. The van der Waals surface area contributed by atoms with Crippen LogP contribution in [0.1, 0.15) is 46.6 Å². The lowest BCUT2D eigenvalue weighted by molar-refractivity contribution is -0.192. The third-order valence-corrected chi connectivity index (χ3v) is 7.19. The van der Waals surface area contributed by atoms with Gasteiger partial charge in [-0.3, -0.25) is 4.90 Å². The number of alkyl halides is 3. The molecule has 1 aromatic heterocycles. The number of benzene rings is 2. The molecule has 0 bridgehead atoms. The number of imidazole rings is 1. The van der Waals surface area contributed by atoms with Crippen LogP contribution in [-0.2, 0) is 29.0 Å². The number of aryl methyl sites for hydroxylation is 1. The van der Waals surface area contributed by atoms with E-state index in [0.717, 1.165) is 57.9 Å². The first kappa shape index (κ1) is 31.3. The van der Waals surface area contributed by atoms with Crippen molar-refractivity contribution >= 4 is 5.97 Å². The third kappa shape index (κ3) is 8.90. The van der Waals surface area contributed by atoms with Gasteiger partial charge in [0, 0.05) is 31.8 Å². The van der Waals surface area contributed by atoms with Crippen molar-refractivity contribution in [2.75, 3.05) is 26.8 Å². The normalized spacial score (nSPS) is 14.8. The Morgan fingerprint density at radius 2 is 1.68 bits per heavy atom. The number of aromatic nitrogens is 2. The highest BCUT2D eigenvalue weighted by Crippen LogP contribution is 2.36. The Bertz CT molecular complexity index is 1400. The first-order valence-corrected chi connectivity index (χ1v) is 13.0. The van der Waals surface area contributed by atoms with Crippen LogP contribution in [0.15, 0.2) is 54.7 Å². The fraction of sp³-hybridized carbons (Fsp3) is 0.400. The van der Waals surface area contributed by atoms with Crippen LogP contribution in [0.25, 0.3) is 0 Å². The minimum absolute atomic E-state index is 0.0952. The second-order valence-corrected chi connectivity index (χ2v) is 10.2. The number of rotatable bonds is 8. The Balaban J connectivity index is 0.000000587. The Kier molecular flexibility index (Phi) is 10.6. The summed E-state index contributed by atoms with van der Waals surface area (Å²) in [6.07, 6.45) is -0.0515. The van der Waals surface area contributed by atoms with Gasteiger partial charge in [0.25, 0.3) is 0 Å². The average Bonchev–Trinajstić information content (AvgIpc) is 3.28. The molecule has 1 saturated heterocycles. The molecule has 1 aliphatic rings. The molecule has 1 aliphatic heterocycles. The first-order chi connectivity index (χ1) is 19.5. The number of ether oxygens (including phenoxy) is 1. The summed E-state index contributed by atoms with van der Waals surface area (Å²) in [7, 11) is 1.78. The number of halogens is 3. The zero-order valence-electron chi connectivity index (χ0n) is 23.0. The van der Waals surface area contributed by atoms with Crippen LogP contribution in [-0.4, -0.2) is 58.5 Å². The summed E-state index contributed by atoms with van der Waals surface area (Å²) in [6, 6.07) is 20.2. The van der Waals surface area contributed by atoms with E-state index in [1.54, 1.807) is 7.11 Å². The molecule has 0 unspecified atom stereocenters. The number of methoxy groups -OCH3 is 1. The minimum Gasteiger partial charge on any atom is -0.475 e. The van der Waals surface area contributed by atoms with Crippen molar-refractivity contribution in [1.29, 1.82) is 10.5 Å². The molecule has 2 heterocycles. The highest BCUT2D eigenvalue weighted by atomic mass is 19.4. The number of hydrogen-bond donors (Lipinski definition) is 1. The maximum absolute atomic E-state index is 10.6. The van der Waals surface area contributed by atoms with Crippen LogP contribution in [0.2, 0.25) is 0 Å². The number of hydrogen-bond acceptors (Lipinski definition) is 6. The molecule has 0 radical (unpaired) electrons. The van der Waals surface area contributed by atoms with Gasteiger partial charge in [-0.15, -0.1) is 0 Å². The average molecular weight is 568 g/mol. The summed E-state index contributed by atoms with van der Waals surface area (Å²) in [5.41, 5.74) is 5.08. The number of aliphatic carboxylic acids is 1. The lowest BCUT2D eigenvalue weighted by Gasteiger charge is -2.41. The molecule has 0 aliphatic carbocycles. The second-order valence-electron chi connectivity index (χ2n) is 10.2. The van der Waals surface area contributed by atoms with Gasteiger partial charge in [0.1, 0.15) is 5.82 Å². The van der Waals surface area contributed by atoms with Crippen LogP contribution < -0.4 is 0 Å². The van der Waals surface area contributed by atoms with Gasteiger partial charge in [0.2, 0.25) is 0 Å². The molecule has 1 N–H and O–H groups in total. The van der Waals surface area contributed by atoms with E-state index in [4.69, 9.17) is 19.9 Å². The smallest absolute Gasteiger partial charge is 0.475 e. The molecule has 0 saturated carbocycles. The van der Waals surface area contributed by atoms with E-state index in [2.05, 4.69) is 32.7 Å². The topological polar surface area (TPSA) is 115 Å². The Labute approximate surface area is 237 Å². The predicted molar refractivity (Wildman–Crippen MR) is 145 cm³/mol. The number of piperidine rings is 1. The molecule has 2 aromatic carbocycles. The summed E-state index contributed by atoms with van der Waals surface area (Å²) in [4.78, 5) is 16.0. The Morgan fingerprint density at radius 3 is 2.24 bits per heavy atom. The van der Waals surface area contributed by atoms with E-state index in [0.29, 0.717) is 11.1 Å². The number of nitrogens with zero attached hydrogens (tertiary/aromatic N) is 5. The molecule has 3 aromatic rings. The molecular formula is C30H32F3N5O3. The highest BCUT2D eigenvalue weighted by Gasteiger charge is 2.38. The van der Waals surface area contributed by atoms with Gasteiger partial charge in [-0.1, -0.05) is 24.3 Å². The van der Waals surface area contributed by atoms with Gasteiger partial charge in [-0.05, 0) is 74.7 Å². The molecule has 41 heavy (non-hydrogen) atoms. The van der Waals surface area contributed by atoms with Crippen molar-refractivity contribution in [3.8, 4) is 12.1 Å². The van der Waals surface area contributed by atoms with Gasteiger partial charge in [-0.25, -0.2) is 9.78 Å². The van der Waals surface area contributed by atoms with E-state index in [9.17, 15) is 18.4 Å². The molecule has 1 fully saturated rings. The van der Waals surface area contributed by atoms with Gasteiger partial charge >= 0.3 is 12.1 Å². The fourth-order valence-electron chi connectivity index (χ4n) is 5.00. The molecule has 4 rings (SSSR count). The van der Waals surface area contributed by atoms with E-state index in [1.807, 2.05) is 55.6 Å². The second kappa shape index (κ2) is 13.9. The molecule has 0 atom stereocenters. The summed E-state index contributed by atoms with van der Waals surface area (Å²) in [5.74, 6) is -1.75. The van der Waals surface area contributed by atoms with Crippen molar-refractivity contribution < 1.29 is 27.8 Å². The van der Waals surface area contributed by atoms with Crippen LogP contribution >= 0.6 is 0 Å². The summed E-state index contributed by atoms with van der Waals surface area (Å²) < 4.78 is 39.7. The predicted octanol–water partition coefficient (Wildman–Crippen LogP) is 5.09. The van der Waals surface area contributed by atoms with E-state index in [1.165, 1.54) is 16.8 Å².